The minimum atomic E-state index is -0.998. The molecule has 0 saturated heterocycles. The summed E-state index contributed by atoms with van der Waals surface area (Å²) in [4.78, 5) is 10.3. The van der Waals surface area contributed by atoms with Gasteiger partial charge in [-0.05, 0) is 37.1 Å². The smallest absolute Gasteiger partial charge is 0.118 e. The Hall–Kier alpha value is -1.55. The molecule has 1 atom stereocenters. The topological polar surface area (TPSA) is 77.0 Å². The molecule has 3 N–H and O–H groups in total. The molecule has 0 heterocycles. The molecule has 0 aliphatic rings. The average molecular weight is 223 g/mol. The van der Waals surface area contributed by atoms with Crippen LogP contribution in [0.2, 0.25) is 0 Å². The van der Waals surface area contributed by atoms with E-state index in [0.717, 1.165) is 17.7 Å². The number of benzene rings is 1. The molecule has 0 radical (unpaired) electrons. The number of carbonyl (C=O) groups is 1. The Kier molecular flexibility index (Phi) is 4.79. The van der Waals surface area contributed by atoms with E-state index in [9.17, 15) is 9.90 Å². The van der Waals surface area contributed by atoms with Gasteiger partial charge in [-0.3, -0.25) is 0 Å². The van der Waals surface area contributed by atoms with Crippen LogP contribution in [-0.4, -0.2) is 13.1 Å². The molecule has 0 fully saturated rings. The third-order valence-electron chi connectivity index (χ3n) is 2.52. The van der Waals surface area contributed by atoms with Gasteiger partial charge in [-0.15, -0.1) is 0 Å². The molecule has 0 aliphatic carbocycles. The van der Waals surface area contributed by atoms with E-state index in [4.69, 9.17) is 4.74 Å². The molecule has 0 spiro atoms. The maximum atomic E-state index is 10.3. The summed E-state index contributed by atoms with van der Waals surface area (Å²) < 4.78 is 5.06. The number of aliphatic carboxylic acids is 1. The number of carboxylic acids is 1. The van der Waals surface area contributed by atoms with Crippen LogP contribution in [0.25, 0.3) is 0 Å². The number of hydrogen-bond donors (Lipinski definition) is 1. The van der Waals surface area contributed by atoms with Crippen LogP contribution in [0.4, 0.5) is 0 Å². The van der Waals surface area contributed by atoms with E-state index in [0.29, 0.717) is 6.42 Å². The van der Waals surface area contributed by atoms with Crippen molar-refractivity contribution in [3.8, 4) is 5.75 Å². The summed E-state index contributed by atoms with van der Waals surface area (Å²) in [7, 11) is 1.62. The van der Waals surface area contributed by atoms with Crippen molar-refractivity contribution in [3.63, 3.8) is 0 Å². The summed E-state index contributed by atoms with van der Waals surface area (Å²) >= 11 is 0. The van der Waals surface area contributed by atoms with Gasteiger partial charge in [0.1, 0.15) is 11.8 Å². The van der Waals surface area contributed by atoms with Gasteiger partial charge < -0.3 is 20.4 Å². The van der Waals surface area contributed by atoms with Crippen LogP contribution in [0, 0.1) is 0 Å². The number of ether oxygens (including phenoxy) is 1. The van der Waals surface area contributed by atoms with Crippen molar-refractivity contribution in [2.24, 2.45) is 0 Å². The molecule has 4 heteroatoms. The summed E-state index contributed by atoms with van der Waals surface area (Å²) in [5.74, 6) is -0.187. The van der Waals surface area contributed by atoms with Crippen LogP contribution >= 0.6 is 0 Å². The molecule has 0 aromatic heterocycles. The lowest BCUT2D eigenvalue weighted by molar-refractivity contribution is -0.428. The summed E-state index contributed by atoms with van der Waals surface area (Å²) in [6.07, 6.45) is 1.45. The Morgan fingerprint density at radius 1 is 1.44 bits per heavy atom. The van der Waals surface area contributed by atoms with Crippen LogP contribution in [0.5, 0.6) is 5.75 Å². The Balaban J connectivity index is 2.45. The normalized spacial score (nSPS) is 12.1. The van der Waals surface area contributed by atoms with E-state index in [2.05, 4.69) is 5.73 Å². The highest BCUT2D eigenvalue weighted by molar-refractivity contribution is 5.64. The van der Waals surface area contributed by atoms with Crippen molar-refractivity contribution in [2.45, 2.75) is 25.3 Å². The van der Waals surface area contributed by atoms with Gasteiger partial charge in [0.2, 0.25) is 0 Å². The fourth-order valence-corrected chi connectivity index (χ4v) is 1.54. The standard InChI is InChI=1S/C12H17NO3/c1-16-10-7-5-9(6-8-10)11(13)3-2-4-12(14)15/h5-8,11H,2-4,13H2,1H3,(H,14,15)/t11-/m1/s1. The summed E-state index contributed by atoms with van der Waals surface area (Å²) in [5, 5.41) is 10.3. The zero-order chi connectivity index (χ0) is 12.0. The van der Waals surface area contributed by atoms with Crippen molar-refractivity contribution < 1.29 is 20.4 Å². The van der Waals surface area contributed by atoms with Crippen molar-refractivity contribution in [2.75, 3.05) is 7.11 Å². The van der Waals surface area contributed by atoms with Crippen molar-refractivity contribution in [3.05, 3.63) is 29.8 Å². The first-order chi connectivity index (χ1) is 7.63. The lowest BCUT2D eigenvalue weighted by atomic mass is 10.0. The van der Waals surface area contributed by atoms with Crippen molar-refractivity contribution >= 4 is 5.97 Å². The number of carboxylic acid groups (broad SMARTS) is 1. The van der Waals surface area contributed by atoms with Crippen LogP contribution < -0.4 is 15.6 Å². The quantitative estimate of drug-likeness (QED) is 0.731. The Morgan fingerprint density at radius 3 is 2.56 bits per heavy atom. The summed E-state index contributed by atoms with van der Waals surface area (Å²) in [5.41, 5.74) is 5.10. The third kappa shape index (κ3) is 3.90. The number of hydrogen-bond acceptors (Lipinski definition) is 3. The van der Waals surface area contributed by atoms with Gasteiger partial charge in [0.15, 0.2) is 0 Å². The van der Waals surface area contributed by atoms with E-state index in [-0.39, 0.29) is 12.5 Å². The molecular formula is C12H17NO3. The molecule has 1 aromatic carbocycles. The molecule has 0 amide bonds. The Bertz CT molecular complexity index is 335. The Morgan fingerprint density at radius 2 is 2.06 bits per heavy atom. The molecule has 0 saturated carbocycles. The molecule has 0 aliphatic heterocycles. The van der Waals surface area contributed by atoms with Gasteiger partial charge in [-0.1, -0.05) is 0 Å². The maximum absolute atomic E-state index is 10.3. The highest BCUT2D eigenvalue weighted by atomic mass is 16.5. The van der Waals surface area contributed by atoms with Crippen LogP contribution in [-0.2, 0) is 4.79 Å². The van der Waals surface area contributed by atoms with Gasteiger partial charge in [-0.25, -0.2) is 0 Å². The van der Waals surface area contributed by atoms with Gasteiger partial charge >= 0.3 is 0 Å². The zero-order valence-electron chi connectivity index (χ0n) is 9.44. The number of methoxy groups -OCH3 is 1. The van der Waals surface area contributed by atoms with Gasteiger partial charge in [-0.2, -0.15) is 0 Å². The zero-order valence-corrected chi connectivity index (χ0v) is 9.44. The highest BCUT2D eigenvalue weighted by Crippen LogP contribution is 2.18. The second kappa shape index (κ2) is 6.12. The second-order valence-electron chi connectivity index (χ2n) is 3.73. The van der Waals surface area contributed by atoms with Crippen LogP contribution in [0.1, 0.15) is 30.9 Å². The van der Waals surface area contributed by atoms with Gasteiger partial charge in [0, 0.05) is 18.0 Å². The molecular weight excluding hydrogens is 206 g/mol. The van der Waals surface area contributed by atoms with E-state index < -0.39 is 5.97 Å². The fraction of sp³-hybridized carbons (Fsp3) is 0.417. The first-order valence-corrected chi connectivity index (χ1v) is 5.30. The molecule has 0 unspecified atom stereocenters. The predicted molar refractivity (Wildman–Crippen MR) is 57.5 cm³/mol. The van der Waals surface area contributed by atoms with Gasteiger partial charge in [0.25, 0.3) is 0 Å². The largest absolute Gasteiger partial charge is 0.550 e. The number of rotatable bonds is 6. The molecule has 16 heavy (non-hydrogen) atoms. The predicted octanol–water partition coefficient (Wildman–Crippen LogP) is -0.102. The lowest BCUT2D eigenvalue weighted by Gasteiger charge is -2.09. The van der Waals surface area contributed by atoms with E-state index in [1.165, 1.54) is 0 Å². The van der Waals surface area contributed by atoms with E-state index in [1.54, 1.807) is 7.11 Å². The average Bonchev–Trinajstić information content (AvgIpc) is 2.28. The molecule has 4 nitrogen and oxygen atoms in total. The highest BCUT2D eigenvalue weighted by Gasteiger charge is 2.09. The maximum Gasteiger partial charge on any atom is 0.118 e. The molecule has 1 aromatic rings. The van der Waals surface area contributed by atoms with E-state index >= 15 is 0 Å². The second-order valence-corrected chi connectivity index (χ2v) is 3.73. The summed E-state index contributed by atoms with van der Waals surface area (Å²) in [6, 6.07) is 7.79. The monoisotopic (exact) mass is 223 g/mol. The third-order valence-corrected chi connectivity index (χ3v) is 2.52. The van der Waals surface area contributed by atoms with Gasteiger partial charge in [0.05, 0.1) is 7.11 Å². The summed E-state index contributed by atoms with van der Waals surface area (Å²) in [6.45, 7) is 0. The van der Waals surface area contributed by atoms with E-state index in [1.807, 2.05) is 24.3 Å². The van der Waals surface area contributed by atoms with Crippen molar-refractivity contribution in [1.29, 1.82) is 0 Å². The minimum Gasteiger partial charge on any atom is -0.550 e. The number of carbonyl (C=O) groups excluding carboxylic acids is 1. The minimum absolute atomic E-state index is 0.0994. The van der Waals surface area contributed by atoms with Crippen molar-refractivity contribution in [1.82, 2.24) is 0 Å². The fourth-order valence-electron chi connectivity index (χ4n) is 1.54. The molecule has 0 bridgehead atoms. The first-order valence-electron chi connectivity index (χ1n) is 5.30. The molecule has 88 valence electrons. The molecule has 1 rings (SSSR count). The SMILES string of the molecule is COc1ccc([C@H]([NH3+])CCCC(=O)[O-])cc1. The van der Waals surface area contributed by atoms with Crippen LogP contribution in [0.15, 0.2) is 24.3 Å². The lowest BCUT2D eigenvalue weighted by Crippen LogP contribution is -2.53. The first kappa shape index (κ1) is 12.5. The number of quaternary nitrogens is 1. The Labute approximate surface area is 95.0 Å². The van der Waals surface area contributed by atoms with Crippen LogP contribution in [0.3, 0.4) is 0 Å².